The molecule has 0 spiro atoms. The zero-order chi connectivity index (χ0) is 13.0. The van der Waals surface area contributed by atoms with E-state index >= 15 is 0 Å². The normalized spacial score (nSPS) is 11.9. The third kappa shape index (κ3) is 2.87. The van der Waals surface area contributed by atoms with E-state index in [1.165, 1.54) is 6.07 Å². The Morgan fingerprint density at radius 2 is 1.67 bits per heavy atom. The van der Waals surface area contributed by atoms with Gasteiger partial charge in [0.1, 0.15) is 0 Å². The molecule has 0 nitrogen and oxygen atoms in total. The maximum atomic E-state index is 14.0. The monoisotopic (exact) mass is 247 g/mol. The number of halogens is 2. The van der Waals surface area contributed by atoms with E-state index in [0.29, 0.717) is 12.8 Å². The molecule has 2 aromatic carbocycles. The van der Waals surface area contributed by atoms with Crippen molar-refractivity contribution in [2.24, 2.45) is 0 Å². The highest BCUT2D eigenvalue weighted by Crippen LogP contribution is 2.35. The van der Waals surface area contributed by atoms with Gasteiger partial charge in [-0.2, -0.15) is 0 Å². The molecule has 2 aromatic rings. The predicted molar refractivity (Wildman–Crippen MR) is 71.7 cm³/mol. The lowest BCUT2D eigenvalue weighted by Gasteiger charge is -2.17. The van der Waals surface area contributed by atoms with Crippen LogP contribution in [0, 0.1) is 6.92 Å². The molecule has 0 amide bonds. The van der Waals surface area contributed by atoms with Crippen molar-refractivity contribution < 1.29 is 8.78 Å². The molecule has 2 heteroatoms. The average molecular weight is 247 g/mol. The van der Waals surface area contributed by atoms with Crippen molar-refractivity contribution in [3.63, 3.8) is 0 Å². The van der Waals surface area contributed by atoms with Crippen LogP contribution in [0.1, 0.15) is 31.2 Å². The zero-order valence-corrected chi connectivity index (χ0v) is 10.3. The van der Waals surface area contributed by atoms with Crippen LogP contribution in [0.15, 0.2) is 42.5 Å². The molecule has 0 saturated heterocycles. The highest BCUT2D eigenvalue weighted by Gasteiger charge is 2.30. The summed E-state index contributed by atoms with van der Waals surface area (Å²) < 4.78 is 28.0. The third-order valence-electron chi connectivity index (χ3n) is 3.16. The lowest BCUT2D eigenvalue weighted by molar-refractivity contribution is -0.0155. The number of hydrogen-bond acceptors (Lipinski definition) is 0. The largest absolute Gasteiger partial charge is 0.273 e. The molecule has 0 unspecified atom stereocenters. The Hall–Kier alpha value is -1.44. The molecule has 0 heterocycles. The molecule has 0 saturated carbocycles. The number of rotatable bonds is 5. The topological polar surface area (TPSA) is 0 Å². The van der Waals surface area contributed by atoms with Gasteiger partial charge in [-0.1, -0.05) is 56.2 Å². The van der Waals surface area contributed by atoms with Gasteiger partial charge in [-0.15, -0.1) is 0 Å². The van der Waals surface area contributed by atoms with Gasteiger partial charge in [0.2, 0.25) is 0 Å². The van der Waals surface area contributed by atoms with Crippen LogP contribution >= 0.6 is 0 Å². The summed E-state index contributed by atoms with van der Waals surface area (Å²) in [7, 11) is 0. The molecule has 18 heavy (non-hydrogen) atoms. The van der Waals surface area contributed by atoms with Gasteiger partial charge in [-0.3, -0.25) is 0 Å². The molecule has 0 N–H and O–H groups in total. The number of fused-ring (bicyclic) bond motifs is 1. The average Bonchev–Trinajstić information content (AvgIpc) is 2.38. The minimum atomic E-state index is -2.74. The molecule has 0 aromatic heterocycles. The van der Waals surface area contributed by atoms with Crippen LogP contribution in [0.3, 0.4) is 0 Å². The van der Waals surface area contributed by atoms with Crippen LogP contribution in [0.4, 0.5) is 8.78 Å². The summed E-state index contributed by atoms with van der Waals surface area (Å²) in [5, 5.41) is 1.86. The van der Waals surface area contributed by atoms with Crippen LogP contribution in [0.5, 0.6) is 0 Å². The Labute approximate surface area is 107 Å². The zero-order valence-electron chi connectivity index (χ0n) is 10.3. The van der Waals surface area contributed by atoms with Crippen molar-refractivity contribution in [2.75, 3.05) is 0 Å². The Balaban J connectivity index is 2.23. The standard InChI is InChI=1S/C16H17F2/c1-2-3-6-11-16(17,18)15-10-9-13-7-4-5-8-14(13)12-15/h4-5,7-10,12H,1-3,6,11H2. The van der Waals surface area contributed by atoms with E-state index in [1.54, 1.807) is 12.1 Å². The summed E-state index contributed by atoms with van der Waals surface area (Å²) in [6, 6.07) is 12.5. The van der Waals surface area contributed by atoms with Gasteiger partial charge in [-0.05, 0) is 23.3 Å². The fourth-order valence-electron chi connectivity index (χ4n) is 2.08. The Morgan fingerprint density at radius 1 is 0.944 bits per heavy atom. The molecule has 0 bridgehead atoms. The molecule has 0 fully saturated rings. The van der Waals surface area contributed by atoms with Gasteiger partial charge < -0.3 is 0 Å². The maximum Gasteiger partial charge on any atom is 0.273 e. The maximum absolute atomic E-state index is 14.0. The van der Waals surface area contributed by atoms with Crippen LogP contribution in [-0.2, 0) is 5.92 Å². The fourth-order valence-corrected chi connectivity index (χ4v) is 2.08. The summed E-state index contributed by atoms with van der Waals surface area (Å²) in [6.45, 7) is 3.67. The number of unbranched alkanes of at least 4 members (excludes halogenated alkanes) is 2. The van der Waals surface area contributed by atoms with Crippen molar-refractivity contribution in [3.8, 4) is 0 Å². The minimum Gasteiger partial charge on any atom is -0.201 e. The summed E-state index contributed by atoms with van der Waals surface area (Å²) in [4.78, 5) is 0. The number of benzene rings is 2. The highest BCUT2D eigenvalue weighted by molar-refractivity contribution is 5.83. The van der Waals surface area contributed by atoms with E-state index in [2.05, 4.69) is 6.92 Å². The SMILES string of the molecule is [CH2]CCCCC(F)(F)c1ccc2ccccc2c1. The summed E-state index contributed by atoms with van der Waals surface area (Å²) in [6.07, 6.45) is 1.89. The van der Waals surface area contributed by atoms with E-state index in [1.807, 2.05) is 24.3 Å². The molecule has 0 aliphatic rings. The molecule has 0 aliphatic heterocycles. The molecular weight excluding hydrogens is 230 g/mol. The van der Waals surface area contributed by atoms with Gasteiger partial charge in [0.15, 0.2) is 0 Å². The van der Waals surface area contributed by atoms with E-state index in [9.17, 15) is 8.78 Å². The molecule has 0 atom stereocenters. The second kappa shape index (κ2) is 5.47. The Bertz CT molecular complexity index is 517. The number of alkyl halides is 2. The lowest BCUT2D eigenvalue weighted by Crippen LogP contribution is -2.13. The van der Waals surface area contributed by atoms with Crippen molar-refractivity contribution in [3.05, 3.63) is 55.0 Å². The van der Waals surface area contributed by atoms with Crippen LogP contribution < -0.4 is 0 Å². The van der Waals surface area contributed by atoms with E-state index in [0.717, 1.165) is 17.2 Å². The highest BCUT2D eigenvalue weighted by atomic mass is 19.3. The van der Waals surface area contributed by atoms with E-state index < -0.39 is 5.92 Å². The van der Waals surface area contributed by atoms with Crippen molar-refractivity contribution in [1.29, 1.82) is 0 Å². The summed E-state index contributed by atoms with van der Waals surface area (Å²) in [5.41, 5.74) is 0.116. The Kier molecular flexibility index (Phi) is 3.95. The van der Waals surface area contributed by atoms with Crippen LogP contribution in [0.2, 0.25) is 0 Å². The lowest BCUT2D eigenvalue weighted by atomic mass is 9.99. The number of hydrogen-bond donors (Lipinski definition) is 0. The smallest absolute Gasteiger partial charge is 0.201 e. The minimum absolute atomic E-state index is 0.0964. The van der Waals surface area contributed by atoms with E-state index in [4.69, 9.17) is 0 Å². The molecule has 1 radical (unpaired) electrons. The first-order valence-electron chi connectivity index (χ1n) is 6.30. The molecular formula is C16H17F2. The predicted octanol–water partition coefficient (Wildman–Crippen LogP) is 5.33. The van der Waals surface area contributed by atoms with Crippen LogP contribution in [0.25, 0.3) is 10.8 Å². The first-order chi connectivity index (χ1) is 8.63. The van der Waals surface area contributed by atoms with Gasteiger partial charge in [0, 0.05) is 12.0 Å². The van der Waals surface area contributed by atoms with Crippen molar-refractivity contribution in [2.45, 2.75) is 31.6 Å². The first-order valence-corrected chi connectivity index (χ1v) is 6.30. The van der Waals surface area contributed by atoms with Gasteiger partial charge in [-0.25, -0.2) is 8.78 Å². The summed E-state index contributed by atoms with van der Waals surface area (Å²) in [5.74, 6) is -2.74. The quantitative estimate of drug-likeness (QED) is 0.627. The molecule has 95 valence electrons. The molecule has 2 rings (SSSR count). The van der Waals surface area contributed by atoms with Crippen LogP contribution in [-0.4, -0.2) is 0 Å². The van der Waals surface area contributed by atoms with E-state index in [-0.39, 0.29) is 12.0 Å². The fraction of sp³-hybridized carbons (Fsp3) is 0.312. The van der Waals surface area contributed by atoms with Crippen molar-refractivity contribution in [1.82, 2.24) is 0 Å². The van der Waals surface area contributed by atoms with Crippen molar-refractivity contribution >= 4 is 10.8 Å². The Morgan fingerprint density at radius 3 is 2.39 bits per heavy atom. The van der Waals surface area contributed by atoms with Gasteiger partial charge in [0.25, 0.3) is 5.92 Å². The second-order valence-corrected chi connectivity index (χ2v) is 4.58. The third-order valence-corrected chi connectivity index (χ3v) is 3.16. The second-order valence-electron chi connectivity index (χ2n) is 4.58. The molecule has 0 aliphatic carbocycles. The van der Waals surface area contributed by atoms with Gasteiger partial charge in [0.05, 0.1) is 0 Å². The summed E-state index contributed by atoms with van der Waals surface area (Å²) >= 11 is 0. The van der Waals surface area contributed by atoms with Gasteiger partial charge >= 0.3 is 0 Å². The first kappa shape index (κ1) is 13.0.